The maximum absolute atomic E-state index is 14.3. The summed E-state index contributed by atoms with van der Waals surface area (Å²) in [5, 5.41) is 37.2. The van der Waals surface area contributed by atoms with E-state index in [0.717, 1.165) is 37.0 Å². The fourth-order valence-corrected chi connectivity index (χ4v) is 8.56. The third-order valence-electron chi connectivity index (χ3n) is 12.5. The minimum Gasteiger partial charge on any atom is -0.508 e. The van der Waals surface area contributed by atoms with Crippen LogP contribution in [0.1, 0.15) is 122 Å². The summed E-state index contributed by atoms with van der Waals surface area (Å²) in [5.41, 5.74) is 22.2. The van der Waals surface area contributed by atoms with E-state index in [-0.39, 0.29) is 38.0 Å². The van der Waals surface area contributed by atoms with E-state index in [0.29, 0.717) is 24.3 Å². The number of rotatable bonds is 21. The number of unbranched alkanes of at least 4 members (excludes halogenated alkanes) is 5. The van der Waals surface area contributed by atoms with Crippen molar-refractivity contribution in [1.82, 2.24) is 42.1 Å². The number of hydrogen-bond donors (Lipinski definition) is 13. The maximum atomic E-state index is 14.3. The minimum absolute atomic E-state index is 0.00252. The molecule has 3 rings (SSSR count). The molecule has 410 valence electrons. The topological polar surface area (TPSA) is 437 Å². The molecule has 0 saturated carbocycles. The Hall–Kier alpha value is -7.38. The molecule has 2 fully saturated rings. The Morgan fingerprint density at radius 1 is 0.581 bits per heavy atom. The molecule has 12 amide bonds. The van der Waals surface area contributed by atoms with Crippen LogP contribution >= 0.6 is 0 Å². The lowest BCUT2D eigenvalue weighted by Gasteiger charge is -2.31. The minimum atomic E-state index is -1.86. The van der Waals surface area contributed by atoms with Crippen molar-refractivity contribution in [1.29, 1.82) is 0 Å². The first-order valence-electron chi connectivity index (χ1n) is 24.9. The van der Waals surface area contributed by atoms with Crippen LogP contribution in [0, 0.1) is 5.92 Å². The summed E-state index contributed by atoms with van der Waals surface area (Å²) in [7, 11) is 0. The van der Waals surface area contributed by atoms with Gasteiger partial charge in [0.2, 0.25) is 70.9 Å². The molecule has 2 saturated heterocycles. The summed E-state index contributed by atoms with van der Waals surface area (Å²) < 4.78 is 0. The second-order valence-corrected chi connectivity index (χ2v) is 19.2. The van der Waals surface area contributed by atoms with Crippen molar-refractivity contribution in [2.45, 2.75) is 171 Å². The van der Waals surface area contributed by atoms with Gasteiger partial charge in [-0.2, -0.15) is 0 Å². The maximum Gasteiger partial charge on any atom is 0.245 e. The number of primary amides is 4. The number of nitrogens with two attached hydrogens (primary N) is 4. The van der Waals surface area contributed by atoms with Crippen molar-refractivity contribution >= 4 is 70.9 Å². The first-order chi connectivity index (χ1) is 35.0. The van der Waals surface area contributed by atoms with Gasteiger partial charge in [0.25, 0.3) is 0 Å². The predicted molar refractivity (Wildman–Crippen MR) is 263 cm³/mol. The standard InChI is InChI=1S/C48H74N12O14/c1-26(2)10-7-5-3-4-6-8-11-28-21-41(67)54-32(22-38(50)64)43(69)56-31(20-27-13-15-29(62)16-14-27)42(68)57-33(23-39(51)65)44(70)55-30(17-18-37(49)63)48(74)60-19-9-12-36(60)47(73)58-34(24-40(52)66)45(71)59-35(25-61)46(72)53-28/h13-16,26,28,30-36,61-62H,3-12,17-25H2,1-2H3,(H2,49,63)(H2,50,64)(H2,51,65)(H2,52,66)(H,53,72)(H,54,67)(H,55,70)(H,56,69)(H,57,68)(H,58,73)(H,59,71)/t28?,30-,31+,32-,33+,34-,35-,36-/m0/s1. The molecule has 2 heterocycles. The van der Waals surface area contributed by atoms with Crippen molar-refractivity contribution in [2.75, 3.05) is 13.2 Å². The van der Waals surface area contributed by atoms with Crippen LogP contribution in [0.2, 0.25) is 0 Å². The van der Waals surface area contributed by atoms with Crippen molar-refractivity contribution < 1.29 is 67.7 Å². The molecule has 74 heavy (non-hydrogen) atoms. The Bertz CT molecular complexity index is 2180. The van der Waals surface area contributed by atoms with Crippen LogP contribution in [-0.4, -0.2) is 147 Å². The van der Waals surface area contributed by atoms with E-state index < -0.39 is 164 Å². The molecule has 17 N–H and O–H groups in total. The zero-order valence-electron chi connectivity index (χ0n) is 42.0. The third-order valence-corrected chi connectivity index (χ3v) is 12.5. The van der Waals surface area contributed by atoms with Crippen molar-refractivity contribution in [3.05, 3.63) is 29.8 Å². The SMILES string of the molecule is CC(C)CCCCCCCCC1CC(=O)N[C@@H](CC(N)=O)C(=O)N[C@H](Cc2ccc(O)cc2)C(=O)N[C@H](CC(N)=O)C(=O)N[C@@H](CCC(N)=O)C(=O)N2CCC[C@H]2C(=O)N[C@@H](CC(N)=O)C(=O)N[C@@H](CO)C(=O)N1. The van der Waals surface area contributed by atoms with E-state index >= 15 is 0 Å². The van der Waals surface area contributed by atoms with Crippen molar-refractivity contribution in [3.63, 3.8) is 0 Å². The second-order valence-electron chi connectivity index (χ2n) is 19.2. The normalized spacial score (nSPS) is 24.1. The summed E-state index contributed by atoms with van der Waals surface area (Å²) in [6.07, 6.45) is 2.21. The Morgan fingerprint density at radius 2 is 1.05 bits per heavy atom. The van der Waals surface area contributed by atoms with E-state index in [1.807, 2.05) is 0 Å². The number of phenols is 1. The van der Waals surface area contributed by atoms with E-state index in [9.17, 15) is 67.7 Å². The molecular formula is C48H74N12O14. The number of aromatic hydroxyl groups is 1. The second kappa shape index (κ2) is 30.6. The molecule has 8 atom stereocenters. The molecule has 2 aliphatic heterocycles. The summed E-state index contributed by atoms with van der Waals surface area (Å²) >= 11 is 0. The van der Waals surface area contributed by atoms with E-state index in [4.69, 9.17) is 22.9 Å². The lowest BCUT2D eigenvalue weighted by atomic mass is 10.0. The molecule has 1 unspecified atom stereocenters. The van der Waals surface area contributed by atoms with Gasteiger partial charge in [0.15, 0.2) is 0 Å². The van der Waals surface area contributed by atoms with Crippen LogP contribution in [0.3, 0.4) is 0 Å². The number of aliphatic hydroxyl groups excluding tert-OH is 1. The Kier molecular flexibility index (Phi) is 25.2. The molecule has 1 aromatic rings. The number of phenolic OH excluding ortho intramolecular Hbond substituents is 1. The largest absolute Gasteiger partial charge is 0.508 e. The van der Waals surface area contributed by atoms with E-state index in [1.54, 1.807) is 0 Å². The molecule has 26 heteroatoms. The van der Waals surface area contributed by atoms with Crippen LogP contribution < -0.4 is 60.2 Å². The van der Waals surface area contributed by atoms with Crippen LogP contribution in [-0.2, 0) is 64.0 Å². The van der Waals surface area contributed by atoms with Crippen LogP contribution in [0.25, 0.3) is 0 Å². The lowest BCUT2D eigenvalue weighted by Crippen LogP contribution is -2.60. The number of fused-ring (bicyclic) bond motifs is 1. The highest BCUT2D eigenvalue weighted by atomic mass is 16.3. The number of aliphatic hydroxyl groups is 1. The zero-order chi connectivity index (χ0) is 55.1. The highest BCUT2D eigenvalue weighted by Crippen LogP contribution is 2.21. The van der Waals surface area contributed by atoms with Gasteiger partial charge in [0, 0.05) is 31.8 Å². The van der Waals surface area contributed by atoms with Gasteiger partial charge in [-0.25, -0.2) is 0 Å². The predicted octanol–water partition coefficient (Wildman–Crippen LogP) is -3.62. The zero-order valence-corrected chi connectivity index (χ0v) is 42.0. The number of amides is 12. The van der Waals surface area contributed by atoms with Gasteiger partial charge in [-0.15, -0.1) is 0 Å². The summed E-state index contributed by atoms with van der Waals surface area (Å²) in [6.45, 7) is 3.19. The van der Waals surface area contributed by atoms with Crippen LogP contribution in [0.4, 0.5) is 0 Å². The van der Waals surface area contributed by atoms with Gasteiger partial charge in [0.1, 0.15) is 48.0 Å². The number of nitrogens with zero attached hydrogens (tertiary/aromatic N) is 1. The fraction of sp³-hybridized carbons (Fsp3) is 0.625. The number of benzene rings is 1. The third kappa shape index (κ3) is 21.4. The molecule has 0 aliphatic carbocycles. The molecule has 0 radical (unpaired) electrons. The number of nitrogens with one attached hydrogen (secondary N) is 7. The van der Waals surface area contributed by atoms with Gasteiger partial charge in [0.05, 0.1) is 25.9 Å². The number of carbonyl (C=O) groups excluding carboxylic acids is 12. The van der Waals surface area contributed by atoms with Gasteiger partial charge in [-0.1, -0.05) is 70.9 Å². The summed E-state index contributed by atoms with van der Waals surface area (Å²) in [5.74, 6) is -12.0. The summed E-state index contributed by atoms with van der Waals surface area (Å²) in [6, 6.07) is -7.36. The Labute approximate surface area is 428 Å². The van der Waals surface area contributed by atoms with Crippen molar-refractivity contribution in [2.24, 2.45) is 28.9 Å². The van der Waals surface area contributed by atoms with Gasteiger partial charge < -0.3 is 75.3 Å². The molecule has 1 aromatic carbocycles. The Morgan fingerprint density at radius 3 is 1.59 bits per heavy atom. The number of carbonyl (C=O) groups is 12. The van der Waals surface area contributed by atoms with Gasteiger partial charge >= 0.3 is 0 Å². The number of hydrogen-bond acceptors (Lipinski definition) is 14. The van der Waals surface area contributed by atoms with Crippen molar-refractivity contribution in [3.8, 4) is 5.75 Å². The highest BCUT2D eigenvalue weighted by molar-refractivity contribution is 6.00. The average molecular weight is 1040 g/mol. The molecule has 0 spiro atoms. The molecular weight excluding hydrogens is 969 g/mol. The van der Waals surface area contributed by atoms with Gasteiger partial charge in [-0.3, -0.25) is 57.5 Å². The molecule has 0 bridgehead atoms. The lowest BCUT2D eigenvalue weighted by molar-refractivity contribution is -0.143. The first kappa shape index (κ1) is 60.9. The molecule has 2 aliphatic rings. The Balaban J connectivity index is 2.13. The first-order valence-corrected chi connectivity index (χ1v) is 24.9. The summed E-state index contributed by atoms with van der Waals surface area (Å²) in [4.78, 5) is 162. The van der Waals surface area contributed by atoms with Gasteiger partial charge in [-0.05, 0) is 49.3 Å². The molecule has 0 aromatic heterocycles. The quantitative estimate of drug-likeness (QED) is 0.0529. The van der Waals surface area contributed by atoms with E-state index in [2.05, 4.69) is 51.1 Å². The molecule has 26 nitrogen and oxygen atoms in total. The smallest absolute Gasteiger partial charge is 0.245 e. The van der Waals surface area contributed by atoms with E-state index in [1.165, 1.54) is 24.3 Å². The monoisotopic (exact) mass is 1040 g/mol. The highest BCUT2D eigenvalue weighted by Gasteiger charge is 2.41. The average Bonchev–Trinajstić information content (AvgIpc) is 3.82. The fourth-order valence-electron chi connectivity index (χ4n) is 8.56. The van der Waals surface area contributed by atoms with Crippen LogP contribution in [0.5, 0.6) is 5.75 Å². The van der Waals surface area contributed by atoms with Crippen LogP contribution in [0.15, 0.2) is 24.3 Å².